The van der Waals surface area contributed by atoms with Crippen LogP contribution < -0.4 is 0 Å². The maximum Gasteiger partial charge on any atom is 0.181 e. The number of hydrogen-bond acceptors (Lipinski definition) is 6. The summed E-state index contributed by atoms with van der Waals surface area (Å²) in [5.41, 5.74) is 2.15. The SMILES string of the molecule is CC[C@@H](O)c1ccc(Sc2ncnc3nc[nH]c23)cn1. The minimum atomic E-state index is -0.507. The number of H-pyrrole nitrogens is 1. The maximum absolute atomic E-state index is 9.72. The molecule has 6 nitrogen and oxygen atoms in total. The van der Waals surface area contributed by atoms with Crippen LogP contribution in [0.4, 0.5) is 0 Å². The molecule has 2 N–H and O–H groups in total. The molecule has 0 fully saturated rings. The van der Waals surface area contributed by atoms with Gasteiger partial charge >= 0.3 is 0 Å². The van der Waals surface area contributed by atoms with Gasteiger partial charge in [0.2, 0.25) is 0 Å². The molecule has 0 aliphatic carbocycles. The maximum atomic E-state index is 9.72. The number of aliphatic hydroxyl groups excluding tert-OH is 1. The molecule has 3 aromatic heterocycles. The van der Waals surface area contributed by atoms with Gasteiger partial charge in [-0.25, -0.2) is 15.0 Å². The van der Waals surface area contributed by atoms with Crippen LogP contribution >= 0.6 is 11.8 Å². The summed E-state index contributed by atoms with van der Waals surface area (Å²) in [6, 6.07) is 3.76. The number of rotatable bonds is 4. The van der Waals surface area contributed by atoms with E-state index in [1.165, 1.54) is 18.1 Å². The van der Waals surface area contributed by atoms with Crippen LogP contribution in [0.1, 0.15) is 25.1 Å². The zero-order valence-corrected chi connectivity index (χ0v) is 11.6. The fourth-order valence-corrected chi connectivity index (χ4v) is 2.61. The van der Waals surface area contributed by atoms with E-state index in [1.807, 2.05) is 19.1 Å². The molecule has 0 saturated heterocycles. The fraction of sp³-hybridized carbons (Fsp3) is 0.231. The van der Waals surface area contributed by atoms with Crippen LogP contribution in [0.25, 0.3) is 11.2 Å². The normalized spacial score (nSPS) is 12.7. The standard InChI is InChI=1S/C13H13N5OS/c1-2-10(19)9-4-3-8(5-14-9)20-13-11-12(16-6-15-11)17-7-18-13/h3-7,10,19H,2H2,1H3,(H,15,16,17,18)/t10-/m1/s1. The van der Waals surface area contributed by atoms with Gasteiger partial charge in [0, 0.05) is 11.1 Å². The van der Waals surface area contributed by atoms with Crippen LogP contribution in [0, 0.1) is 0 Å². The van der Waals surface area contributed by atoms with Gasteiger partial charge in [-0.1, -0.05) is 18.7 Å². The molecule has 0 spiro atoms. The summed E-state index contributed by atoms with van der Waals surface area (Å²) in [6.07, 6.45) is 4.98. The second-order valence-electron chi connectivity index (χ2n) is 4.22. The first-order valence-corrected chi connectivity index (χ1v) is 7.05. The highest BCUT2D eigenvalue weighted by molar-refractivity contribution is 7.99. The van der Waals surface area contributed by atoms with Crippen LogP contribution in [-0.4, -0.2) is 30.0 Å². The molecule has 102 valence electrons. The number of hydrogen-bond donors (Lipinski definition) is 2. The van der Waals surface area contributed by atoms with Gasteiger partial charge in [-0.15, -0.1) is 0 Å². The quantitative estimate of drug-likeness (QED) is 0.716. The van der Waals surface area contributed by atoms with Gasteiger partial charge in [0.25, 0.3) is 0 Å². The lowest BCUT2D eigenvalue weighted by Gasteiger charge is -2.07. The van der Waals surface area contributed by atoms with Crippen LogP contribution in [-0.2, 0) is 0 Å². The Hall–Kier alpha value is -1.99. The van der Waals surface area contributed by atoms with Gasteiger partial charge in [0.1, 0.15) is 16.9 Å². The van der Waals surface area contributed by atoms with Gasteiger partial charge in [0.15, 0.2) is 5.65 Å². The van der Waals surface area contributed by atoms with Crippen molar-refractivity contribution in [3.63, 3.8) is 0 Å². The van der Waals surface area contributed by atoms with E-state index in [-0.39, 0.29) is 0 Å². The lowest BCUT2D eigenvalue weighted by molar-refractivity contribution is 0.169. The zero-order valence-electron chi connectivity index (χ0n) is 10.8. The third-order valence-electron chi connectivity index (χ3n) is 2.89. The second-order valence-corrected chi connectivity index (χ2v) is 5.29. The predicted octanol–water partition coefficient (Wildman–Crippen LogP) is 2.34. The molecule has 0 aliphatic heterocycles. The van der Waals surface area contributed by atoms with Crippen LogP contribution in [0.2, 0.25) is 0 Å². The lowest BCUT2D eigenvalue weighted by Crippen LogP contribution is -1.98. The molecule has 0 aromatic carbocycles. The number of pyridine rings is 1. The Labute approximate surface area is 119 Å². The van der Waals surface area contributed by atoms with Crippen molar-refractivity contribution in [1.29, 1.82) is 0 Å². The Morgan fingerprint density at radius 3 is 2.90 bits per heavy atom. The Kier molecular flexibility index (Phi) is 3.62. The van der Waals surface area contributed by atoms with Crippen molar-refractivity contribution in [2.24, 2.45) is 0 Å². The summed E-state index contributed by atoms with van der Waals surface area (Å²) in [4.78, 5) is 20.7. The van der Waals surface area contributed by atoms with E-state index < -0.39 is 6.10 Å². The van der Waals surface area contributed by atoms with Gasteiger partial charge in [-0.2, -0.15) is 0 Å². The van der Waals surface area contributed by atoms with Crippen LogP contribution in [0.5, 0.6) is 0 Å². The van der Waals surface area contributed by atoms with Crippen molar-refractivity contribution in [3.8, 4) is 0 Å². The van der Waals surface area contributed by atoms with E-state index in [4.69, 9.17) is 0 Å². The average molecular weight is 287 g/mol. The summed E-state index contributed by atoms with van der Waals surface area (Å²) < 4.78 is 0. The van der Waals surface area contributed by atoms with E-state index in [0.717, 1.165) is 15.4 Å². The first kappa shape index (κ1) is 13.0. The number of nitrogens with one attached hydrogen (secondary N) is 1. The largest absolute Gasteiger partial charge is 0.387 e. The predicted molar refractivity (Wildman–Crippen MR) is 75.3 cm³/mol. The van der Waals surface area contributed by atoms with E-state index in [0.29, 0.717) is 17.8 Å². The Bertz CT molecular complexity index is 712. The number of aliphatic hydroxyl groups is 1. The zero-order chi connectivity index (χ0) is 13.9. The summed E-state index contributed by atoms with van der Waals surface area (Å²) in [6.45, 7) is 1.92. The molecular formula is C13H13N5OS. The van der Waals surface area contributed by atoms with Crippen molar-refractivity contribution in [3.05, 3.63) is 36.7 Å². The smallest absolute Gasteiger partial charge is 0.181 e. The number of fused-ring (bicyclic) bond motifs is 1. The number of aromatic nitrogens is 5. The molecule has 20 heavy (non-hydrogen) atoms. The molecular weight excluding hydrogens is 274 g/mol. The molecule has 0 unspecified atom stereocenters. The Morgan fingerprint density at radius 1 is 1.25 bits per heavy atom. The van der Waals surface area contributed by atoms with E-state index >= 15 is 0 Å². The van der Waals surface area contributed by atoms with Crippen molar-refractivity contribution in [1.82, 2.24) is 24.9 Å². The minimum Gasteiger partial charge on any atom is -0.387 e. The van der Waals surface area contributed by atoms with Gasteiger partial charge < -0.3 is 10.1 Å². The number of imidazole rings is 1. The lowest BCUT2D eigenvalue weighted by atomic mass is 10.2. The highest BCUT2D eigenvalue weighted by Gasteiger charge is 2.09. The minimum absolute atomic E-state index is 0.507. The van der Waals surface area contributed by atoms with E-state index in [2.05, 4.69) is 24.9 Å². The summed E-state index contributed by atoms with van der Waals surface area (Å²) >= 11 is 1.48. The molecule has 0 saturated carbocycles. The van der Waals surface area contributed by atoms with Gasteiger partial charge in [0.05, 0.1) is 18.1 Å². The summed E-state index contributed by atoms with van der Waals surface area (Å²) in [5, 5.41) is 10.5. The van der Waals surface area contributed by atoms with E-state index in [9.17, 15) is 5.11 Å². The topological polar surface area (TPSA) is 87.6 Å². The monoisotopic (exact) mass is 287 g/mol. The first-order chi connectivity index (χ1) is 9.78. The van der Waals surface area contributed by atoms with Crippen molar-refractivity contribution in [2.75, 3.05) is 0 Å². The molecule has 3 rings (SSSR count). The molecule has 0 bridgehead atoms. The summed E-state index contributed by atoms with van der Waals surface area (Å²) in [5.74, 6) is 0. The average Bonchev–Trinajstić information content (AvgIpc) is 2.97. The van der Waals surface area contributed by atoms with Gasteiger partial charge in [-0.05, 0) is 18.6 Å². The van der Waals surface area contributed by atoms with Crippen molar-refractivity contribution in [2.45, 2.75) is 29.4 Å². The molecule has 3 heterocycles. The number of nitrogens with zero attached hydrogens (tertiary/aromatic N) is 4. The Balaban J connectivity index is 1.86. The van der Waals surface area contributed by atoms with Crippen LogP contribution in [0.3, 0.4) is 0 Å². The molecule has 7 heteroatoms. The molecule has 0 amide bonds. The summed E-state index contributed by atoms with van der Waals surface area (Å²) in [7, 11) is 0. The molecule has 3 aromatic rings. The molecule has 0 radical (unpaired) electrons. The second kappa shape index (κ2) is 5.56. The molecule has 1 atom stereocenters. The highest BCUT2D eigenvalue weighted by Crippen LogP contribution is 2.29. The van der Waals surface area contributed by atoms with E-state index in [1.54, 1.807) is 12.5 Å². The first-order valence-electron chi connectivity index (χ1n) is 6.24. The Morgan fingerprint density at radius 2 is 2.15 bits per heavy atom. The fourth-order valence-electron chi connectivity index (χ4n) is 1.79. The van der Waals surface area contributed by atoms with Crippen LogP contribution in [0.15, 0.2) is 40.9 Å². The van der Waals surface area contributed by atoms with Crippen molar-refractivity contribution < 1.29 is 5.11 Å². The number of aromatic amines is 1. The highest BCUT2D eigenvalue weighted by atomic mass is 32.2. The third kappa shape index (κ3) is 2.50. The van der Waals surface area contributed by atoms with Gasteiger partial charge in [-0.3, -0.25) is 4.98 Å². The third-order valence-corrected chi connectivity index (χ3v) is 3.87. The van der Waals surface area contributed by atoms with Crippen molar-refractivity contribution >= 4 is 22.9 Å². The molecule has 0 aliphatic rings.